The molecule has 0 aliphatic heterocycles. The van der Waals surface area contributed by atoms with Crippen LogP contribution in [0.15, 0.2) is 48.8 Å². The van der Waals surface area contributed by atoms with E-state index in [9.17, 15) is 4.79 Å². The van der Waals surface area contributed by atoms with Crippen LogP contribution in [-0.2, 0) is 6.42 Å². The van der Waals surface area contributed by atoms with Crippen molar-refractivity contribution in [1.29, 1.82) is 0 Å². The number of H-pyrrole nitrogens is 1. The van der Waals surface area contributed by atoms with E-state index in [2.05, 4.69) is 58.8 Å². The number of aromatic amines is 1. The molecule has 0 aliphatic rings. The summed E-state index contributed by atoms with van der Waals surface area (Å²) < 4.78 is 0. The Bertz CT molecular complexity index is 854. The van der Waals surface area contributed by atoms with Gasteiger partial charge in [-0.2, -0.15) is 0 Å². The number of hydrogen-bond acceptors (Lipinski definition) is 3. The van der Waals surface area contributed by atoms with Crippen LogP contribution in [0.1, 0.15) is 29.9 Å². The maximum absolute atomic E-state index is 12.1. The zero-order chi connectivity index (χ0) is 17.6. The summed E-state index contributed by atoms with van der Waals surface area (Å²) in [5, 5.41) is 7.52. The van der Waals surface area contributed by atoms with E-state index in [1.165, 1.54) is 10.9 Å². The van der Waals surface area contributed by atoms with Crippen LogP contribution in [0.5, 0.6) is 0 Å². The van der Waals surface area contributed by atoms with Crippen LogP contribution >= 0.6 is 0 Å². The van der Waals surface area contributed by atoms with Gasteiger partial charge in [-0.3, -0.25) is 9.78 Å². The first-order chi connectivity index (χ1) is 12.1. The van der Waals surface area contributed by atoms with E-state index >= 15 is 0 Å². The number of para-hydroxylation sites is 1. The Hall–Kier alpha value is -2.82. The Morgan fingerprint density at radius 3 is 2.92 bits per heavy atom. The van der Waals surface area contributed by atoms with Crippen molar-refractivity contribution in [1.82, 2.24) is 15.3 Å². The molecule has 25 heavy (non-hydrogen) atoms. The van der Waals surface area contributed by atoms with Gasteiger partial charge in [0.1, 0.15) is 5.69 Å². The number of hydrogen-bond donors (Lipinski definition) is 3. The number of rotatable bonds is 7. The molecule has 0 saturated heterocycles. The summed E-state index contributed by atoms with van der Waals surface area (Å²) >= 11 is 0. The van der Waals surface area contributed by atoms with Crippen LogP contribution in [-0.4, -0.2) is 29.0 Å². The van der Waals surface area contributed by atoms with Crippen molar-refractivity contribution in [2.45, 2.75) is 20.3 Å². The first-order valence-electron chi connectivity index (χ1n) is 8.66. The van der Waals surface area contributed by atoms with E-state index in [0.717, 1.165) is 24.2 Å². The Morgan fingerprint density at radius 2 is 2.08 bits per heavy atom. The van der Waals surface area contributed by atoms with E-state index < -0.39 is 0 Å². The van der Waals surface area contributed by atoms with Gasteiger partial charge < -0.3 is 15.6 Å². The number of anilines is 1. The number of carbonyl (C=O) groups is 1. The number of amides is 1. The second-order valence-corrected chi connectivity index (χ2v) is 6.57. The molecule has 0 radical (unpaired) electrons. The average molecular weight is 336 g/mol. The minimum absolute atomic E-state index is 0.131. The molecule has 2 aromatic heterocycles. The van der Waals surface area contributed by atoms with E-state index in [1.807, 2.05) is 12.1 Å². The van der Waals surface area contributed by atoms with Crippen molar-refractivity contribution in [3.63, 3.8) is 0 Å². The fourth-order valence-electron chi connectivity index (χ4n) is 2.73. The number of nitrogens with zero attached hydrogens (tertiary/aromatic N) is 1. The molecule has 2 heterocycles. The van der Waals surface area contributed by atoms with Gasteiger partial charge in [0, 0.05) is 42.1 Å². The second kappa shape index (κ2) is 7.83. The molecule has 130 valence electrons. The number of pyridine rings is 1. The fourth-order valence-corrected chi connectivity index (χ4v) is 2.73. The van der Waals surface area contributed by atoms with Gasteiger partial charge in [0.2, 0.25) is 0 Å². The van der Waals surface area contributed by atoms with Gasteiger partial charge in [0.25, 0.3) is 5.91 Å². The molecule has 1 aromatic carbocycles. The Labute approximate surface area is 147 Å². The number of benzene rings is 1. The third-order valence-corrected chi connectivity index (χ3v) is 4.06. The lowest BCUT2D eigenvalue weighted by Gasteiger charge is -2.09. The van der Waals surface area contributed by atoms with Gasteiger partial charge in [-0.15, -0.1) is 0 Å². The maximum Gasteiger partial charge on any atom is 0.269 e. The highest BCUT2D eigenvalue weighted by Gasteiger charge is 2.08. The predicted molar refractivity (Wildman–Crippen MR) is 102 cm³/mol. The SMILES string of the molecule is CC(C)CNC(=O)c1cc(NCCc2c[nH]c3ccccc23)ccn1. The van der Waals surface area contributed by atoms with Crippen molar-refractivity contribution < 1.29 is 4.79 Å². The lowest BCUT2D eigenvalue weighted by Crippen LogP contribution is -2.28. The van der Waals surface area contributed by atoms with Crippen molar-refractivity contribution in [2.75, 3.05) is 18.4 Å². The smallest absolute Gasteiger partial charge is 0.269 e. The normalized spacial score (nSPS) is 11.0. The lowest BCUT2D eigenvalue weighted by molar-refractivity contribution is 0.0944. The van der Waals surface area contributed by atoms with E-state index in [4.69, 9.17) is 0 Å². The van der Waals surface area contributed by atoms with Gasteiger partial charge in [0.15, 0.2) is 0 Å². The summed E-state index contributed by atoms with van der Waals surface area (Å²) in [6.45, 7) is 5.57. The van der Waals surface area contributed by atoms with Crippen molar-refractivity contribution in [3.8, 4) is 0 Å². The number of nitrogens with one attached hydrogen (secondary N) is 3. The third kappa shape index (κ3) is 4.38. The molecule has 0 aliphatic carbocycles. The highest BCUT2D eigenvalue weighted by molar-refractivity contribution is 5.93. The lowest BCUT2D eigenvalue weighted by atomic mass is 10.1. The van der Waals surface area contributed by atoms with Crippen LogP contribution in [0.25, 0.3) is 10.9 Å². The van der Waals surface area contributed by atoms with Crippen LogP contribution in [0.3, 0.4) is 0 Å². The minimum Gasteiger partial charge on any atom is -0.385 e. The Balaban J connectivity index is 1.58. The number of fused-ring (bicyclic) bond motifs is 1. The van der Waals surface area contributed by atoms with E-state index in [0.29, 0.717) is 18.2 Å². The molecule has 3 N–H and O–H groups in total. The van der Waals surface area contributed by atoms with Crippen LogP contribution < -0.4 is 10.6 Å². The van der Waals surface area contributed by atoms with Crippen LogP contribution in [0.4, 0.5) is 5.69 Å². The fraction of sp³-hybridized carbons (Fsp3) is 0.300. The van der Waals surface area contributed by atoms with Crippen LogP contribution in [0, 0.1) is 5.92 Å². The molecule has 1 amide bonds. The Kier molecular flexibility index (Phi) is 5.33. The summed E-state index contributed by atoms with van der Waals surface area (Å²) in [6, 6.07) is 12.0. The highest BCUT2D eigenvalue weighted by atomic mass is 16.1. The summed E-state index contributed by atoms with van der Waals surface area (Å²) in [4.78, 5) is 19.6. The zero-order valence-electron chi connectivity index (χ0n) is 14.7. The zero-order valence-corrected chi connectivity index (χ0v) is 14.7. The van der Waals surface area contributed by atoms with Gasteiger partial charge in [-0.05, 0) is 36.1 Å². The molecule has 0 saturated carbocycles. The van der Waals surface area contributed by atoms with Gasteiger partial charge >= 0.3 is 0 Å². The van der Waals surface area contributed by atoms with Gasteiger partial charge in [-0.1, -0.05) is 32.0 Å². The van der Waals surface area contributed by atoms with E-state index in [-0.39, 0.29) is 5.91 Å². The quantitative estimate of drug-likeness (QED) is 0.617. The summed E-state index contributed by atoms with van der Waals surface area (Å²) in [7, 11) is 0. The number of aromatic nitrogens is 2. The van der Waals surface area contributed by atoms with Gasteiger partial charge in [0.05, 0.1) is 0 Å². The standard InChI is InChI=1S/C20H24N4O/c1-14(2)12-24-20(25)19-11-16(8-10-22-19)21-9-7-15-13-23-18-6-4-3-5-17(15)18/h3-6,8,10-11,13-14,23H,7,9,12H2,1-2H3,(H,21,22)(H,24,25). The molecule has 3 aromatic rings. The van der Waals surface area contributed by atoms with Gasteiger partial charge in [-0.25, -0.2) is 0 Å². The van der Waals surface area contributed by atoms with E-state index in [1.54, 1.807) is 12.3 Å². The molecule has 0 unspecified atom stereocenters. The van der Waals surface area contributed by atoms with Crippen molar-refractivity contribution >= 4 is 22.5 Å². The molecule has 5 heteroatoms. The summed E-state index contributed by atoms with van der Waals surface area (Å²) in [6.07, 6.45) is 4.63. The predicted octanol–water partition coefficient (Wildman–Crippen LogP) is 3.60. The summed E-state index contributed by atoms with van der Waals surface area (Å²) in [5.74, 6) is 0.287. The first-order valence-corrected chi connectivity index (χ1v) is 8.66. The first kappa shape index (κ1) is 17.0. The molecule has 0 spiro atoms. The molecule has 0 fully saturated rings. The molecule has 0 atom stereocenters. The summed E-state index contributed by atoms with van der Waals surface area (Å²) in [5.41, 5.74) is 3.79. The average Bonchev–Trinajstić information content (AvgIpc) is 3.03. The second-order valence-electron chi connectivity index (χ2n) is 6.57. The maximum atomic E-state index is 12.1. The third-order valence-electron chi connectivity index (χ3n) is 4.06. The monoisotopic (exact) mass is 336 g/mol. The molecular weight excluding hydrogens is 312 g/mol. The molecular formula is C20H24N4O. The van der Waals surface area contributed by atoms with Crippen LogP contribution in [0.2, 0.25) is 0 Å². The molecule has 0 bridgehead atoms. The highest BCUT2D eigenvalue weighted by Crippen LogP contribution is 2.18. The van der Waals surface area contributed by atoms with Crippen molar-refractivity contribution in [2.24, 2.45) is 5.92 Å². The minimum atomic E-state index is -0.131. The number of carbonyl (C=O) groups excluding carboxylic acids is 1. The van der Waals surface area contributed by atoms with Crippen molar-refractivity contribution in [3.05, 3.63) is 60.0 Å². The molecule has 5 nitrogen and oxygen atoms in total. The largest absolute Gasteiger partial charge is 0.385 e. The molecule has 3 rings (SSSR count). The topological polar surface area (TPSA) is 69.8 Å². The Morgan fingerprint density at radius 1 is 1.24 bits per heavy atom.